The van der Waals surface area contributed by atoms with Crippen molar-refractivity contribution in [2.45, 2.75) is 32.2 Å². The number of halogens is 2. The zero-order valence-corrected chi connectivity index (χ0v) is 16.9. The average molecular weight is 408 g/mol. The Labute approximate surface area is 170 Å². The maximum Gasteiger partial charge on any atom is 0.261 e. The van der Waals surface area contributed by atoms with Crippen molar-refractivity contribution in [2.24, 2.45) is 5.73 Å². The van der Waals surface area contributed by atoms with E-state index in [9.17, 15) is 9.59 Å². The summed E-state index contributed by atoms with van der Waals surface area (Å²) in [6.07, 6.45) is 1.04. The van der Waals surface area contributed by atoms with E-state index in [-0.39, 0.29) is 30.9 Å². The summed E-state index contributed by atoms with van der Waals surface area (Å²) in [4.78, 5) is 29.4. The molecule has 0 radical (unpaired) electrons. The van der Waals surface area contributed by atoms with Gasteiger partial charge in [-0.1, -0.05) is 43.6 Å². The van der Waals surface area contributed by atoms with E-state index in [0.29, 0.717) is 34.8 Å². The predicted octanol–water partition coefficient (Wildman–Crippen LogP) is 4.23. The van der Waals surface area contributed by atoms with E-state index in [1.807, 2.05) is 19.9 Å². The third-order valence-corrected chi connectivity index (χ3v) is 5.24. The number of anilines is 2. The van der Waals surface area contributed by atoms with E-state index < -0.39 is 5.54 Å². The van der Waals surface area contributed by atoms with Crippen LogP contribution in [0.3, 0.4) is 0 Å². The van der Waals surface area contributed by atoms with Crippen molar-refractivity contribution >= 4 is 47.2 Å². The van der Waals surface area contributed by atoms with Gasteiger partial charge in [-0.2, -0.15) is 0 Å². The molecule has 3 rings (SSSR count). The number of rotatable bonds is 4. The Balaban J connectivity index is 0.00000261. The van der Waals surface area contributed by atoms with Gasteiger partial charge in [-0.3, -0.25) is 19.4 Å². The topological polar surface area (TPSA) is 66.6 Å². The lowest BCUT2D eigenvalue weighted by Gasteiger charge is -2.40. The fourth-order valence-corrected chi connectivity index (χ4v) is 3.34. The lowest BCUT2D eigenvalue weighted by molar-refractivity contribution is -0.124. The molecular weight excluding hydrogens is 385 g/mol. The molecule has 0 spiro atoms. The highest BCUT2D eigenvalue weighted by atomic mass is 35.5. The molecule has 1 heterocycles. The van der Waals surface area contributed by atoms with Gasteiger partial charge in [-0.25, -0.2) is 0 Å². The van der Waals surface area contributed by atoms with Crippen LogP contribution in [-0.2, 0) is 4.79 Å². The zero-order chi connectivity index (χ0) is 18.9. The molecule has 0 unspecified atom stereocenters. The Bertz CT molecular complexity index is 853. The molecule has 0 saturated carbocycles. The summed E-state index contributed by atoms with van der Waals surface area (Å²) in [5.41, 5.74) is 7.10. The third-order valence-electron chi connectivity index (χ3n) is 5.01. The van der Waals surface area contributed by atoms with Gasteiger partial charge >= 0.3 is 0 Å². The van der Waals surface area contributed by atoms with Crippen LogP contribution in [0.15, 0.2) is 48.5 Å². The second kappa shape index (κ2) is 8.30. The number of carbonyl (C=O) groups excluding carboxylic acids is 2. The van der Waals surface area contributed by atoms with E-state index in [2.05, 4.69) is 0 Å². The average Bonchev–Trinajstić information content (AvgIpc) is 2.67. The minimum atomic E-state index is -0.965. The number of carbonyl (C=O) groups is 2. The molecule has 2 N–H and O–H groups in total. The monoisotopic (exact) mass is 407 g/mol. The van der Waals surface area contributed by atoms with Crippen LogP contribution in [0, 0.1) is 0 Å². The number of benzene rings is 2. The molecule has 2 aromatic rings. The first kappa shape index (κ1) is 21.2. The van der Waals surface area contributed by atoms with E-state index in [4.69, 9.17) is 17.3 Å². The first-order chi connectivity index (χ1) is 12.4. The molecule has 2 amide bonds. The van der Waals surface area contributed by atoms with Gasteiger partial charge in [0, 0.05) is 10.7 Å². The number of para-hydroxylation sites is 1. The summed E-state index contributed by atoms with van der Waals surface area (Å²) < 4.78 is 0. The van der Waals surface area contributed by atoms with Crippen molar-refractivity contribution < 1.29 is 9.59 Å². The van der Waals surface area contributed by atoms with Crippen LogP contribution in [0.2, 0.25) is 5.02 Å². The van der Waals surface area contributed by atoms with Crippen molar-refractivity contribution in [3.8, 4) is 0 Å². The Morgan fingerprint density at radius 1 is 1.15 bits per heavy atom. The minimum Gasteiger partial charge on any atom is -0.317 e. The minimum absolute atomic E-state index is 0. The lowest BCUT2D eigenvalue weighted by atomic mass is 9.91. The van der Waals surface area contributed by atoms with Crippen LogP contribution in [0.25, 0.3) is 0 Å². The summed E-state index contributed by atoms with van der Waals surface area (Å²) >= 11 is 6.09. The van der Waals surface area contributed by atoms with Gasteiger partial charge in [0.1, 0.15) is 6.67 Å². The molecule has 0 fully saturated rings. The van der Waals surface area contributed by atoms with Crippen LogP contribution < -0.4 is 15.5 Å². The van der Waals surface area contributed by atoms with Gasteiger partial charge in [0.2, 0.25) is 5.91 Å². The number of hydrogen-bond donors (Lipinski definition) is 1. The quantitative estimate of drug-likeness (QED) is 0.824. The van der Waals surface area contributed by atoms with Gasteiger partial charge in [-0.15, -0.1) is 12.4 Å². The molecule has 5 nitrogen and oxygen atoms in total. The smallest absolute Gasteiger partial charge is 0.261 e. The van der Waals surface area contributed by atoms with Crippen LogP contribution in [0.4, 0.5) is 11.4 Å². The summed E-state index contributed by atoms with van der Waals surface area (Å²) in [6.45, 7) is 3.91. The molecule has 2 aromatic carbocycles. The Kier molecular flexibility index (Phi) is 6.52. The molecule has 7 heteroatoms. The summed E-state index contributed by atoms with van der Waals surface area (Å²) in [5, 5.41) is 0.530. The summed E-state index contributed by atoms with van der Waals surface area (Å²) in [6, 6.07) is 14.2. The summed E-state index contributed by atoms with van der Waals surface area (Å²) in [5.74, 6) is -0.350. The van der Waals surface area contributed by atoms with Crippen molar-refractivity contribution in [1.82, 2.24) is 0 Å². The summed E-state index contributed by atoms with van der Waals surface area (Å²) in [7, 11) is 0. The number of fused-ring (bicyclic) bond motifs is 1. The molecule has 1 aliphatic rings. The Hall–Kier alpha value is -2.08. The Morgan fingerprint density at radius 2 is 1.81 bits per heavy atom. The highest BCUT2D eigenvalue weighted by Crippen LogP contribution is 2.33. The number of nitrogens with two attached hydrogens (primary N) is 1. The second-order valence-corrected chi connectivity index (χ2v) is 6.90. The van der Waals surface area contributed by atoms with Crippen LogP contribution in [-0.4, -0.2) is 24.0 Å². The van der Waals surface area contributed by atoms with E-state index in [1.165, 1.54) is 0 Å². The predicted molar refractivity (Wildman–Crippen MR) is 112 cm³/mol. The normalized spacial score (nSPS) is 13.9. The molecule has 27 heavy (non-hydrogen) atoms. The van der Waals surface area contributed by atoms with Crippen molar-refractivity contribution in [3.05, 3.63) is 59.1 Å². The van der Waals surface area contributed by atoms with E-state index in [1.54, 1.807) is 52.3 Å². The molecule has 0 saturated heterocycles. The molecule has 1 aliphatic heterocycles. The standard InChI is InChI=1S/C20H22ClN3O2.ClH/c1-3-20(22,4-2)19(26)24-13-23(15-9-7-8-14(21)12-15)18(25)16-10-5-6-11-17(16)24;/h5-12H,3-4,13,22H2,1-2H3;1H. The largest absolute Gasteiger partial charge is 0.317 e. The number of amides is 2. The van der Waals surface area contributed by atoms with Crippen molar-refractivity contribution in [1.29, 1.82) is 0 Å². The molecule has 0 atom stereocenters. The highest BCUT2D eigenvalue weighted by Gasteiger charge is 2.40. The van der Waals surface area contributed by atoms with Gasteiger partial charge < -0.3 is 5.73 Å². The third kappa shape index (κ3) is 3.81. The first-order valence-electron chi connectivity index (χ1n) is 8.68. The van der Waals surface area contributed by atoms with Crippen LogP contribution >= 0.6 is 24.0 Å². The number of hydrogen-bond acceptors (Lipinski definition) is 3. The molecule has 0 aromatic heterocycles. The van der Waals surface area contributed by atoms with Crippen LogP contribution in [0.1, 0.15) is 37.0 Å². The SMILES string of the molecule is CCC(N)(CC)C(=O)N1CN(c2cccc(Cl)c2)C(=O)c2ccccc21.Cl. The molecular formula is C20H23Cl2N3O2. The second-order valence-electron chi connectivity index (χ2n) is 6.47. The Morgan fingerprint density at radius 3 is 2.44 bits per heavy atom. The first-order valence-corrected chi connectivity index (χ1v) is 9.06. The molecule has 0 aliphatic carbocycles. The van der Waals surface area contributed by atoms with Gasteiger partial charge in [0.25, 0.3) is 5.91 Å². The number of nitrogens with zero attached hydrogens (tertiary/aromatic N) is 2. The fourth-order valence-electron chi connectivity index (χ4n) is 3.15. The van der Waals surface area contributed by atoms with Gasteiger partial charge in [0.05, 0.1) is 16.8 Å². The lowest BCUT2D eigenvalue weighted by Crippen LogP contribution is -2.59. The van der Waals surface area contributed by atoms with Crippen molar-refractivity contribution in [3.63, 3.8) is 0 Å². The maximum atomic E-state index is 13.2. The maximum absolute atomic E-state index is 13.2. The van der Waals surface area contributed by atoms with Crippen LogP contribution in [0.5, 0.6) is 0 Å². The van der Waals surface area contributed by atoms with E-state index in [0.717, 1.165) is 0 Å². The highest BCUT2D eigenvalue weighted by molar-refractivity contribution is 6.31. The zero-order valence-electron chi connectivity index (χ0n) is 15.3. The molecule has 0 bridgehead atoms. The fraction of sp³-hybridized carbons (Fsp3) is 0.300. The van der Waals surface area contributed by atoms with E-state index >= 15 is 0 Å². The van der Waals surface area contributed by atoms with Gasteiger partial charge in [0.15, 0.2) is 0 Å². The van der Waals surface area contributed by atoms with Crippen molar-refractivity contribution in [2.75, 3.05) is 16.5 Å². The van der Waals surface area contributed by atoms with Gasteiger partial charge in [-0.05, 0) is 43.2 Å². The molecule has 144 valence electrons.